The molecule has 2 aromatic rings. The van der Waals surface area contributed by atoms with Crippen molar-refractivity contribution in [3.8, 4) is 11.5 Å². The third-order valence-corrected chi connectivity index (χ3v) is 4.17. The van der Waals surface area contributed by atoms with Gasteiger partial charge in [-0.05, 0) is 24.3 Å². The largest absolute Gasteiger partial charge is 0.493 e. The van der Waals surface area contributed by atoms with Crippen LogP contribution in [0.25, 0.3) is 0 Å². The van der Waals surface area contributed by atoms with E-state index >= 15 is 0 Å². The number of hydrogen-bond donors (Lipinski definition) is 2. The first-order valence-corrected chi connectivity index (χ1v) is 8.25. The summed E-state index contributed by atoms with van der Waals surface area (Å²) in [6, 6.07) is 13.9. The zero-order valence-corrected chi connectivity index (χ0v) is 14.7. The lowest BCUT2D eigenvalue weighted by atomic mass is 10.2. The summed E-state index contributed by atoms with van der Waals surface area (Å²) < 4.78 is 10.5. The Kier molecular flexibility index (Phi) is 5.26. The zero-order valence-electron chi connectivity index (χ0n) is 14.7. The molecule has 7 nitrogen and oxygen atoms in total. The van der Waals surface area contributed by atoms with Crippen LogP contribution in [0.4, 0.5) is 16.2 Å². The number of methoxy groups -OCH3 is 2. The monoisotopic (exact) mass is 355 g/mol. The van der Waals surface area contributed by atoms with Crippen LogP contribution in [0.5, 0.6) is 11.5 Å². The molecule has 1 atom stereocenters. The van der Waals surface area contributed by atoms with Crippen molar-refractivity contribution in [2.24, 2.45) is 0 Å². The van der Waals surface area contributed by atoms with Crippen LogP contribution in [0.3, 0.4) is 0 Å². The molecular weight excluding hydrogens is 334 g/mol. The second kappa shape index (κ2) is 7.77. The van der Waals surface area contributed by atoms with E-state index in [1.165, 1.54) is 0 Å². The van der Waals surface area contributed by atoms with Gasteiger partial charge in [-0.2, -0.15) is 0 Å². The highest BCUT2D eigenvalue weighted by Crippen LogP contribution is 2.33. The Morgan fingerprint density at radius 2 is 1.81 bits per heavy atom. The van der Waals surface area contributed by atoms with Crippen LogP contribution in [0, 0.1) is 0 Å². The number of ether oxygens (including phenoxy) is 2. The highest BCUT2D eigenvalue weighted by atomic mass is 16.5. The fourth-order valence-corrected chi connectivity index (χ4v) is 2.92. The summed E-state index contributed by atoms with van der Waals surface area (Å²) >= 11 is 0. The third-order valence-electron chi connectivity index (χ3n) is 4.17. The van der Waals surface area contributed by atoms with Crippen molar-refractivity contribution in [2.75, 3.05) is 31.0 Å². The van der Waals surface area contributed by atoms with Crippen LogP contribution in [0.15, 0.2) is 48.5 Å². The fourth-order valence-electron chi connectivity index (χ4n) is 2.92. The maximum Gasteiger partial charge on any atom is 0.319 e. The standard InChI is InChI=1S/C19H21N3O4/c1-25-16-9-8-15(11-17(16)26-2)22-12-14(10-18(22)23)21-19(24)20-13-6-4-3-5-7-13/h3-9,11,14H,10,12H2,1-2H3,(H2,20,21,24). The number of nitrogens with zero attached hydrogens (tertiary/aromatic N) is 1. The molecule has 26 heavy (non-hydrogen) atoms. The first-order chi connectivity index (χ1) is 12.6. The smallest absolute Gasteiger partial charge is 0.319 e. The third kappa shape index (κ3) is 3.88. The zero-order chi connectivity index (χ0) is 18.5. The number of rotatable bonds is 5. The van der Waals surface area contributed by atoms with E-state index < -0.39 is 0 Å². The van der Waals surface area contributed by atoms with Crippen molar-refractivity contribution in [1.29, 1.82) is 0 Å². The average molecular weight is 355 g/mol. The Morgan fingerprint density at radius 1 is 1.08 bits per heavy atom. The Morgan fingerprint density at radius 3 is 2.50 bits per heavy atom. The van der Waals surface area contributed by atoms with Gasteiger partial charge in [0.2, 0.25) is 5.91 Å². The van der Waals surface area contributed by atoms with E-state index in [0.717, 1.165) is 0 Å². The minimum Gasteiger partial charge on any atom is -0.493 e. The number of hydrogen-bond acceptors (Lipinski definition) is 4. The number of anilines is 2. The molecule has 1 fully saturated rings. The van der Waals surface area contributed by atoms with Gasteiger partial charge in [0.25, 0.3) is 0 Å². The number of amides is 3. The Labute approximate surface area is 151 Å². The number of para-hydroxylation sites is 1. The van der Waals surface area contributed by atoms with Gasteiger partial charge in [0.15, 0.2) is 11.5 Å². The average Bonchev–Trinajstić information content (AvgIpc) is 3.01. The maximum atomic E-state index is 12.4. The minimum atomic E-state index is -0.330. The number of nitrogens with one attached hydrogen (secondary N) is 2. The highest BCUT2D eigenvalue weighted by Gasteiger charge is 2.32. The van der Waals surface area contributed by atoms with E-state index in [2.05, 4.69) is 10.6 Å². The molecule has 136 valence electrons. The van der Waals surface area contributed by atoms with Crippen molar-refractivity contribution in [3.63, 3.8) is 0 Å². The van der Waals surface area contributed by atoms with Gasteiger partial charge in [0.1, 0.15) is 0 Å². The minimum absolute atomic E-state index is 0.0535. The lowest BCUT2D eigenvalue weighted by Gasteiger charge is -2.19. The molecule has 1 unspecified atom stereocenters. The van der Waals surface area contributed by atoms with Gasteiger partial charge in [-0.15, -0.1) is 0 Å². The van der Waals surface area contributed by atoms with E-state index in [0.29, 0.717) is 29.4 Å². The summed E-state index contributed by atoms with van der Waals surface area (Å²) in [4.78, 5) is 26.1. The van der Waals surface area contributed by atoms with Crippen molar-refractivity contribution < 1.29 is 19.1 Å². The van der Waals surface area contributed by atoms with Crippen LogP contribution in [0.2, 0.25) is 0 Å². The molecule has 0 aliphatic carbocycles. The quantitative estimate of drug-likeness (QED) is 0.864. The highest BCUT2D eigenvalue weighted by molar-refractivity contribution is 5.98. The van der Waals surface area contributed by atoms with Gasteiger partial charge in [0, 0.05) is 30.4 Å². The Bertz CT molecular complexity index is 795. The van der Waals surface area contributed by atoms with Gasteiger partial charge < -0.3 is 25.0 Å². The summed E-state index contributed by atoms with van der Waals surface area (Å²) in [5.41, 5.74) is 1.41. The number of urea groups is 1. The van der Waals surface area contributed by atoms with Gasteiger partial charge in [0.05, 0.1) is 20.3 Å². The molecule has 2 aromatic carbocycles. The number of carbonyl (C=O) groups excluding carboxylic acids is 2. The topological polar surface area (TPSA) is 79.9 Å². The molecule has 1 saturated heterocycles. The summed E-state index contributed by atoms with van der Waals surface area (Å²) in [7, 11) is 3.11. The van der Waals surface area contributed by atoms with Gasteiger partial charge in [-0.3, -0.25) is 4.79 Å². The van der Waals surface area contributed by atoms with Crippen molar-refractivity contribution >= 4 is 23.3 Å². The van der Waals surface area contributed by atoms with E-state index in [1.54, 1.807) is 49.5 Å². The van der Waals surface area contributed by atoms with Gasteiger partial charge >= 0.3 is 6.03 Å². The second-order valence-electron chi connectivity index (χ2n) is 5.91. The summed E-state index contributed by atoms with van der Waals surface area (Å²) in [5.74, 6) is 1.10. The molecule has 1 aliphatic rings. The van der Waals surface area contributed by atoms with Crippen LogP contribution < -0.4 is 25.0 Å². The fraction of sp³-hybridized carbons (Fsp3) is 0.263. The molecular formula is C19H21N3O4. The van der Waals surface area contributed by atoms with Gasteiger partial charge in [-0.1, -0.05) is 18.2 Å². The first-order valence-electron chi connectivity index (χ1n) is 8.25. The van der Waals surface area contributed by atoms with Crippen molar-refractivity contribution in [3.05, 3.63) is 48.5 Å². The molecule has 3 rings (SSSR count). The molecule has 0 bridgehead atoms. The van der Waals surface area contributed by atoms with Crippen LogP contribution in [-0.4, -0.2) is 38.7 Å². The Balaban J connectivity index is 1.64. The normalized spacial score (nSPS) is 16.3. The van der Waals surface area contributed by atoms with E-state index in [-0.39, 0.29) is 24.4 Å². The predicted molar refractivity (Wildman–Crippen MR) is 98.9 cm³/mol. The molecule has 7 heteroatoms. The van der Waals surface area contributed by atoms with Crippen molar-refractivity contribution in [1.82, 2.24) is 5.32 Å². The molecule has 1 heterocycles. The van der Waals surface area contributed by atoms with Crippen LogP contribution in [-0.2, 0) is 4.79 Å². The van der Waals surface area contributed by atoms with Crippen molar-refractivity contribution in [2.45, 2.75) is 12.5 Å². The summed E-state index contributed by atoms with van der Waals surface area (Å²) in [6.07, 6.45) is 0.247. The SMILES string of the molecule is COc1ccc(N2CC(NC(=O)Nc3ccccc3)CC2=O)cc1OC. The molecule has 1 aliphatic heterocycles. The van der Waals surface area contributed by atoms with Crippen LogP contribution >= 0.6 is 0 Å². The molecule has 2 N–H and O–H groups in total. The van der Waals surface area contributed by atoms with E-state index in [4.69, 9.17) is 9.47 Å². The predicted octanol–water partition coefficient (Wildman–Crippen LogP) is 2.63. The lowest BCUT2D eigenvalue weighted by molar-refractivity contribution is -0.117. The molecule has 3 amide bonds. The molecule has 0 spiro atoms. The number of carbonyl (C=O) groups is 2. The van der Waals surface area contributed by atoms with Gasteiger partial charge in [-0.25, -0.2) is 4.79 Å². The summed E-state index contributed by atoms with van der Waals surface area (Å²) in [6.45, 7) is 0.399. The second-order valence-corrected chi connectivity index (χ2v) is 5.91. The summed E-state index contributed by atoms with van der Waals surface area (Å²) in [5, 5.41) is 5.60. The lowest BCUT2D eigenvalue weighted by Crippen LogP contribution is -2.39. The van der Waals surface area contributed by atoms with E-state index in [9.17, 15) is 9.59 Å². The molecule has 0 radical (unpaired) electrons. The first kappa shape index (κ1) is 17.6. The van der Waals surface area contributed by atoms with E-state index in [1.807, 2.05) is 18.2 Å². The molecule has 0 saturated carbocycles. The number of benzene rings is 2. The molecule has 0 aromatic heterocycles. The maximum absolute atomic E-state index is 12.4. The Hall–Kier alpha value is -3.22. The van der Waals surface area contributed by atoms with Crippen LogP contribution in [0.1, 0.15) is 6.42 Å².